The first kappa shape index (κ1) is 16.0. The SMILES string of the molecule is CCCCN(CC(COC)NCC)c1ccccc1. The van der Waals surface area contributed by atoms with Crippen LogP contribution in [0.5, 0.6) is 0 Å². The lowest BCUT2D eigenvalue weighted by Crippen LogP contribution is -2.44. The number of hydrogen-bond acceptors (Lipinski definition) is 3. The smallest absolute Gasteiger partial charge is 0.0633 e. The third kappa shape index (κ3) is 6.08. The van der Waals surface area contributed by atoms with E-state index in [9.17, 15) is 0 Å². The van der Waals surface area contributed by atoms with Crippen molar-refractivity contribution in [1.29, 1.82) is 0 Å². The highest BCUT2D eigenvalue weighted by atomic mass is 16.5. The second-order valence-electron chi connectivity index (χ2n) is 4.85. The number of nitrogens with zero attached hydrogens (tertiary/aromatic N) is 1. The van der Waals surface area contributed by atoms with Crippen LogP contribution in [0.3, 0.4) is 0 Å². The molecule has 1 unspecified atom stereocenters. The Morgan fingerprint density at radius 3 is 2.53 bits per heavy atom. The number of methoxy groups -OCH3 is 1. The molecule has 3 heteroatoms. The van der Waals surface area contributed by atoms with Crippen molar-refractivity contribution in [3.8, 4) is 0 Å². The fraction of sp³-hybridized carbons (Fsp3) is 0.625. The zero-order valence-corrected chi connectivity index (χ0v) is 12.6. The van der Waals surface area contributed by atoms with Crippen LogP contribution in [0.15, 0.2) is 30.3 Å². The van der Waals surface area contributed by atoms with Gasteiger partial charge in [0.1, 0.15) is 0 Å². The van der Waals surface area contributed by atoms with Crippen molar-refractivity contribution in [3.63, 3.8) is 0 Å². The maximum atomic E-state index is 5.31. The lowest BCUT2D eigenvalue weighted by molar-refractivity contribution is 0.168. The highest BCUT2D eigenvalue weighted by Gasteiger charge is 2.13. The number of unbranched alkanes of at least 4 members (excludes halogenated alkanes) is 1. The second kappa shape index (κ2) is 9.82. The monoisotopic (exact) mass is 264 g/mol. The highest BCUT2D eigenvalue weighted by Crippen LogP contribution is 2.14. The van der Waals surface area contributed by atoms with Gasteiger partial charge in [-0.1, -0.05) is 38.5 Å². The molecule has 1 aromatic carbocycles. The van der Waals surface area contributed by atoms with E-state index in [-0.39, 0.29) is 0 Å². The fourth-order valence-electron chi connectivity index (χ4n) is 2.25. The minimum absolute atomic E-state index is 0.382. The minimum atomic E-state index is 0.382. The summed E-state index contributed by atoms with van der Waals surface area (Å²) in [5, 5.41) is 3.49. The van der Waals surface area contributed by atoms with Crippen molar-refractivity contribution < 1.29 is 4.74 Å². The van der Waals surface area contributed by atoms with Crippen LogP contribution in [0, 0.1) is 0 Å². The first-order valence-corrected chi connectivity index (χ1v) is 7.34. The van der Waals surface area contributed by atoms with E-state index >= 15 is 0 Å². The molecule has 108 valence electrons. The van der Waals surface area contributed by atoms with Crippen molar-refractivity contribution in [2.24, 2.45) is 0 Å². The molecular weight excluding hydrogens is 236 g/mol. The molecule has 1 aromatic rings. The number of para-hydroxylation sites is 1. The summed E-state index contributed by atoms with van der Waals surface area (Å²) < 4.78 is 5.31. The average molecular weight is 264 g/mol. The first-order valence-electron chi connectivity index (χ1n) is 7.34. The van der Waals surface area contributed by atoms with Crippen LogP contribution >= 0.6 is 0 Å². The Bertz CT molecular complexity index is 310. The Kier molecular flexibility index (Phi) is 8.26. The van der Waals surface area contributed by atoms with Gasteiger partial charge < -0.3 is 15.0 Å². The van der Waals surface area contributed by atoms with Gasteiger partial charge in [0.25, 0.3) is 0 Å². The molecule has 0 aliphatic rings. The van der Waals surface area contributed by atoms with E-state index in [4.69, 9.17) is 4.74 Å². The van der Waals surface area contributed by atoms with Gasteiger partial charge in [-0.05, 0) is 25.1 Å². The predicted molar refractivity (Wildman–Crippen MR) is 82.9 cm³/mol. The lowest BCUT2D eigenvalue weighted by Gasteiger charge is -2.29. The van der Waals surface area contributed by atoms with Gasteiger partial charge in [-0.15, -0.1) is 0 Å². The summed E-state index contributed by atoms with van der Waals surface area (Å²) in [4.78, 5) is 2.45. The van der Waals surface area contributed by atoms with Gasteiger partial charge in [0, 0.05) is 31.9 Å². The summed E-state index contributed by atoms with van der Waals surface area (Å²) >= 11 is 0. The van der Waals surface area contributed by atoms with E-state index < -0.39 is 0 Å². The Morgan fingerprint density at radius 2 is 1.95 bits per heavy atom. The molecule has 1 atom stereocenters. The summed E-state index contributed by atoms with van der Waals surface area (Å²) in [7, 11) is 1.77. The average Bonchev–Trinajstić information content (AvgIpc) is 2.44. The number of hydrogen-bond donors (Lipinski definition) is 1. The largest absolute Gasteiger partial charge is 0.383 e. The van der Waals surface area contributed by atoms with Crippen molar-refractivity contribution in [1.82, 2.24) is 5.32 Å². The standard InChI is InChI=1S/C16H28N2O/c1-4-6-12-18(16-10-8-7-9-11-16)13-15(14-19-3)17-5-2/h7-11,15,17H,4-6,12-14H2,1-3H3. The third-order valence-electron chi connectivity index (χ3n) is 3.20. The van der Waals surface area contributed by atoms with E-state index in [0.717, 1.165) is 26.2 Å². The molecule has 0 radical (unpaired) electrons. The normalized spacial score (nSPS) is 12.4. The fourth-order valence-corrected chi connectivity index (χ4v) is 2.25. The number of benzene rings is 1. The summed E-state index contributed by atoms with van der Waals surface area (Å²) in [5.41, 5.74) is 1.30. The van der Waals surface area contributed by atoms with E-state index in [1.807, 2.05) is 0 Å². The van der Waals surface area contributed by atoms with Crippen LogP contribution in [0.2, 0.25) is 0 Å². The zero-order valence-electron chi connectivity index (χ0n) is 12.6. The van der Waals surface area contributed by atoms with Crippen LogP contribution in [0.1, 0.15) is 26.7 Å². The molecule has 0 bridgehead atoms. The molecule has 0 amide bonds. The predicted octanol–water partition coefficient (Wildman–Crippen LogP) is 2.92. The number of rotatable bonds is 10. The van der Waals surface area contributed by atoms with E-state index in [1.165, 1.54) is 18.5 Å². The molecule has 0 spiro atoms. The zero-order chi connectivity index (χ0) is 13.9. The van der Waals surface area contributed by atoms with Crippen molar-refractivity contribution >= 4 is 5.69 Å². The topological polar surface area (TPSA) is 24.5 Å². The quantitative estimate of drug-likeness (QED) is 0.703. The van der Waals surface area contributed by atoms with Crippen LogP contribution in [-0.2, 0) is 4.74 Å². The number of anilines is 1. The number of nitrogens with one attached hydrogen (secondary N) is 1. The second-order valence-corrected chi connectivity index (χ2v) is 4.85. The molecule has 0 aromatic heterocycles. The van der Waals surface area contributed by atoms with Crippen molar-refractivity contribution in [2.75, 3.05) is 38.3 Å². The Balaban J connectivity index is 2.67. The highest BCUT2D eigenvalue weighted by molar-refractivity contribution is 5.46. The first-order chi connectivity index (χ1) is 9.31. The van der Waals surface area contributed by atoms with Gasteiger partial charge in [-0.2, -0.15) is 0 Å². The minimum Gasteiger partial charge on any atom is -0.383 e. The van der Waals surface area contributed by atoms with Gasteiger partial charge in [-0.3, -0.25) is 0 Å². The lowest BCUT2D eigenvalue weighted by atomic mass is 10.2. The van der Waals surface area contributed by atoms with Crippen molar-refractivity contribution in [3.05, 3.63) is 30.3 Å². The van der Waals surface area contributed by atoms with Crippen LogP contribution in [-0.4, -0.2) is 39.4 Å². The Hall–Kier alpha value is -1.06. The number of likely N-dealkylation sites (N-methyl/N-ethyl adjacent to an activating group) is 1. The molecular formula is C16H28N2O. The molecule has 3 nitrogen and oxygen atoms in total. The van der Waals surface area contributed by atoms with Crippen LogP contribution in [0.4, 0.5) is 5.69 Å². The maximum absolute atomic E-state index is 5.31. The van der Waals surface area contributed by atoms with Gasteiger partial charge in [0.15, 0.2) is 0 Å². The van der Waals surface area contributed by atoms with Gasteiger partial charge in [-0.25, -0.2) is 0 Å². The van der Waals surface area contributed by atoms with E-state index in [0.29, 0.717) is 6.04 Å². The molecule has 0 aliphatic heterocycles. The number of ether oxygens (including phenoxy) is 1. The molecule has 0 saturated carbocycles. The van der Waals surface area contributed by atoms with E-state index in [1.54, 1.807) is 7.11 Å². The van der Waals surface area contributed by atoms with Gasteiger partial charge >= 0.3 is 0 Å². The molecule has 0 heterocycles. The van der Waals surface area contributed by atoms with Gasteiger partial charge in [0.2, 0.25) is 0 Å². The van der Waals surface area contributed by atoms with Crippen LogP contribution < -0.4 is 10.2 Å². The van der Waals surface area contributed by atoms with E-state index in [2.05, 4.69) is 54.4 Å². The third-order valence-corrected chi connectivity index (χ3v) is 3.20. The molecule has 1 rings (SSSR count). The van der Waals surface area contributed by atoms with Gasteiger partial charge in [0.05, 0.1) is 6.61 Å². The maximum Gasteiger partial charge on any atom is 0.0633 e. The Labute approximate surface area is 118 Å². The summed E-state index contributed by atoms with van der Waals surface area (Å²) in [6.45, 7) is 8.20. The molecule has 0 saturated heterocycles. The Morgan fingerprint density at radius 1 is 1.21 bits per heavy atom. The summed E-state index contributed by atoms with van der Waals surface area (Å²) in [6, 6.07) is 11.0. The van der Waals surface area contributed by atoms with Crippen LogP contribution in [0.25, 0.3) is 0 Å². The molecule has 0 aliphatic carbocycles. The summed E-state index contributed by atoms with van der Waals surface area (Å²) in [5.74, 6) is 0. The van der Waals surface area contributed by atoms with Crippen molar-refractivity contribution in [2.45, 2.75) is 32.7 Å². The molecule has 1 N–H and O–H groups in total. The summed E-state index contributed by atoms with van der Waals surface area (Å²) in [6.07, 6.45) is 2.44. The molecule has 19 heavy (non-hydrogen) atoms. The molecule has 0 fully saturated rings.